The lowest BCUT2D eigenvalue weighted by atomic mass is 10.1. The first-order valence-electron chi connectivity index (χ1n) is 7.73. The highest BCUT2D eigenvalue weighted by atomic mass is 32.2. The molecule has 2 rings (SSSR count). The van der Waals surface area contributed by atoms with Crippen molar-refractivity contribution in [1.82, 2.24) is 10.2 Å². The number of hydrogen-bond donors (Lipinski definition) is 1. The van der Waals surface area contributed by atoms with E-state index in [-0.39, 0.29) is 11.4 Å². The molecule has 0 saturated carbocycles. The molecule has 0 spiro atoms. The SMILES string of the molecule is COCCNC(=O)CN1C(=O)S/C(=C\c2ccc(OC)cc2OC)C1=O. The molecule has 1 aromatic carbocycles. The van der Waals surface area contributed by atoms with Crippen LogP contribution in [0.2, 0.25) is 0 Å². The maximum atomic E-state index is 12.5. The number of benzene rings is 1. The molecule has 0 radical (unpaired) electrons. The third kappa shape index (κ3) is 4.77. The molecular weight excluding hydrogens is 360 g/mol. The lowest BCUT2D eigenvalue weighted by molar-refractivity contribution is -0.129. The van der Waals surface area contributed by atoms with Gasteiger partial charge in [0.1, 0.15) is 18.0 Å². The fourth-order valence-electron chi connectivity index (χ4n) is 2.21. The summed E-state index contributed by atoms with van der Waals surface area (Å²) in [7, 11) is 4.56. The number of carbonyl (C=O) groups is 3. The van der Waals surface area contributed by atoms with Crippen molar-refractivity contribution in [3.8, 4) is 11.5 Å². The molecular formula is C17H20N2O6S. The summed E-state index contributed by atoms with van der Waals surface area (Å²) < 4.78 is 15.2. The van der Waals surface area contributed by atoms with Gasteiger partial charge >= 0.3 is 0 Å². The molecule has 1 aromatic rings. The van der Waals surface area contributed by atoms with E-state index in [4.69, 9.17) is 14.2 Å². The van der Waals surface area contributed by atoms with E-state index in [9.17, 15) is 14.4 Å². The van der Waals surface area contributed by atoms with Crippen LogP contribution in [0, 0.1) is 0 Å². The Balaban J connectivity index is 2.13. The van der Waals surface area contributed by atoms with Gasteiger partial charge in [0.05, 0.1) is 25.7 Å². The van der Waals surface area contributed by atoms with Crippen LogP contribution in [0.1, 0.15) is 5.56 Å². The highest BCUT2D eigenvalue weighted by Gasteiger charge is 2.36. The predicted molar refractivity (Wildman–Crippen MR) is 97.1 cm³/mol. The van der Waals surface area contributed by atoms with Crippen molar-refractivity contribution in [1.29, 1.82) is 0 Å². The molecule has 0 unspecified atom stereocenters. The van der Waals surface area contributed by atoms with Crippen LogP contribution in [0.3, 0.4) is 0 Å². The Morgan fingerprint density at radius 2 is 2.00 bits per heavy atom. The zero-order chi connectivity index (χ0) is 19.1. The lowest BCUT2D eigenvalue weighted by Crippen LogP contribution is -2.40. The fraction of sp³-hybridized carbons (Fsp3) is 0.353. The molecule has 1 aliphatic rings. The summed E-state index contributed by atoms with van der Waals surface area (Å²) in [5.74, 6) is 0.181. The van der Waals surface area contributed by atoms with Gasteiger partial charge < -0.3 is 19.5 Å². The van der Waals surface area contributed by atoms with E-state index in [1.807, 2.05) is 0 Å². The molecule has 1 fully saturated rings. The quantitative estimate of drug-likeness (QED) is 0.539. The maximum Gasteiger partial charge on any atom is 0.294 e. The van der Waals surface area contributed by atoms with Crippen LogP contribution >= 0.6 is 11.8 Å². The van der Waals surface area contributed by atoms with E-state index in [0.29, 0.717) is 30.2 Å². The van der Waals surface area contributed by atoms with Crippen molar-refractivity contribution in [3.63, 3.8) is 0 Å². The summed E-state index contributed by atoms with van der Waals surface area (Å²) in [6, 6.07) is 5.13. The van der Waals surface area contributed by atoms with Crippen molar-refractivity contribution >= 4 is 34.9 Å². The molecule has 8 nitrogen and oxygen atoms in total. The zero-order valence-electron chi connectivity index (χ0n) is 14.7. The number of ether oxygens (including phenoxy) is 3. The summed E-state index contributed by atoms with van der Waals surface area (Å²) in [6.45, 7) is 0.334. The van der Waals surface area contributed by atoms with Crippen LogP contribution in [0.5, 0.6) is 11.5 Å². The second-order valence-electron chi connectivity index (χ2n) is 5.22. The van der Waals surface area contributed by atoms with Crippen LogP contribution in [-0.4, -0.2) is 63.0 Å². The maximum absolute atomic E-state index is 12.5. The Kier molecular flexibility index (Phi) is 7.05. The summed E-state index contributed by atoms with van der Waals surface area (Å²) in [5.41, 5.74) is 0.628. The van der Waals surface area contributed by atoms with Crippen LogP contribution in [0.15, 0.2) is 23.1 Å². The smallest absolute Gasteiger partial charge is 0.294 e. The minimum absolute atomic E-state index is 0.225. The molecule has 9 heteroatoms. The summed E-state index contributed by atoms with van der Waals surface area (Å²) in [6.07, 6.45) is 1.56. The second kappa shape index (κ2) is 9.25. The minimum Gasteiger partial charge on any atom is -0.497 e. The molecule has 140 valence electrons. The van der Waals surface area contributed by atoms with Gasteiger partial charge in [-0.25, -0.2) is 0 Å². The van der Waals surface area contributed by atoms with E-state index < -0.39 is 17.1 Å². The van der Waals surface area contributed by atoms with Gasteiger partial charge in [-0.2, -0.15) is 0 Å². The van der Waals surface area contributed by atoms with Gasteiger partial charge in [-0.1, -0.05) is 0 Å². The number of carbonyl (C=O) groups excluding carboxylic acids is 3. The van der Waals surface area contributed by atoms with Crippen molar-refractivity contribution in [3.05, 3.63) is 28.7 Å². The third-order valence-corrected chi connectivity index (χ3v) is 4.44. The highest BCUT2D eigenvalue weighted by molar-refractivity contribution is 8.18. The van der Waals surface area contributed by atoms with Crippen molar-refractivity contribution in [2.75, 3.05) is 41.0 Å². The third-order valence-electron chi connectivity index (χ3n) is 3.53. The van der Waals surface area contributed by atoms with Gasteiger partial charge in [0.25, 0.3) is 11.1 Å². The number of rotatable bonds is 8. The summed E-state index contributed by atoms with van der Waals surface area (Å²) in [4.78, 5) is 37.5. The first kappa shape index (κ1) is 19.8. The summed E-state index contributed by atoms with van der Waals surface area (Å²) >= 11 is 0.783. The average molecular weight is 380 g/mol. The van der Waals surface area contributed by atoms with Crippen LogP contribution in [0.25, 0.3) is 6.08 Å². The Morgan fingerprint density at radius 1 is 1.23 bits per heavy atom. The largest absolute Gasteiger partial charge is 0.497 e. The van der Waals surface area contributed by atoms with E-state index in [2.05, 4.69) is 5.32 Å². The Hall–Kier alpha value is -2.52. The normalized spacial score (nSPS) is 15.5. The molecule has 0 atom stereocenters. The molecule has 1 heterocycles. The van der Waals surface area contributed by atoms with Gasteiger partial charge in [0.15, 0.2) is 0 Å². The Bertz CT molecular complexity index is 734. The minimum atomic E-state index is -0.514. The molecule has 3 amide bonds. The van der Waals surface area contributed by atoms with E-state index >= 15 is 0 Å². The van der Waals surface area contributed by atoms with E-state index in [1.165, 1.54) is 21.3 Å². The average Bonchev–Trinajstić information content (AvgIpc) is 2.89. The standard InChI is InChI=1S/C17H20N2O6S/c1-23-7-6-18-15(20)10-19-16(21)14(26-17(19)22)8-11-4-5-12(24-2)9-13(11)25-3/h4-5,8-9H,6-7,10H2,1-3H3,(H,18,20)/b14-8-. The molecule has 26 heavy (non-hydrogen) atoms. The van der Waals surface area contributed by atoms with Gasteiger partial charge in [0, 0.05) is 25.3 Å². The van der Waals surface area contributed by atoms with Crippen molar-refractivity contribution < 1.29 is 28.6 Å². The molecule has 0 bridgehead atoms. The number of methoxy groups -OCH3 is 3. The predicted octanol–water partition coefficient (Wildman–Crippen LogP) is 1.50. The van der Waals surface area contributed by atoms with Gasteiger partial charge in [-0.05, 0) is 30.0 Å². The zero-order valence-corrected chi connectivity index (χ0v) is 15.6. The van der Waals surface area contributed by atoms with E-state index in [0.717, 1.165) is 16.7 Å². The lowest BCUT2D eigenvalue weighted by Gasteiger charge is -2.12. The molecule has 1 aliphatic heterocycles. The topological polar surface area (TPSA) is 94.2 Å². The number of thioether (sulfide) groups is 1. The Labute approximate surface area is 155 Å². The number of amides is 3. The first-order chi connectivity index (χ1) is 12.5. The molecule has 1 N–H and O–H groups in total. The van der Waals surface area contributed by atoms with Gasteiger partial charge in [-0.3, -0.25) is 19.3 Å². The number of imide groups is 1. The van der Waals surface area contributed by atoms with E-state index in [1.54, 1.807) is 24.3 Å². The number of nitrogens with zero attached hydrogens (tertiary/aromatic N) is 1. The highest BCUT2D eigenvalue weighted by Crippen LogP contribution is 2.34. The second-order valence-corrected chi connectivity index (χ2v) is 6.21. The van der Waals surface area contributed by atoms with Crippen molar-refractivity contribution in [2.24, 2.45) is 0 Å². The molecule has 1 saturated heterocycles. The van der Waals surface area contributed by atoms with Crippen LogP contribution in [0.4, 0.5) is 4.79 Å². The molecule has 0 aromatic heterocycles. The van der Waals surface area contributed by atoms with Crippen molar-refractivity contribution in [2.45, 2.75) is 0 Å². The van der Waals surface area contributed by atoms with Crippen LogP contribution < -0.4 is 14.8 Å². The number of hydrogen-bond acceptors (Lipinski definition) is 7. The molecule has 0 aliphatic carbocycles. The van der Waals surface area contributed by atoms with Gasteiger partial charge in [0.2, 0.25) is 5.91 Å². The Morgan fingerprint density at radius 3 is 2.65 bits per heavy atom. The van der Waals surface area contributed by atoms with Crippen LogP contribution in [-0.2, 0) is 14.3 Å². The fourth-order valence-corrected chi connectivity index (χ4v) is 3.04. The monoisotopic (exact) mass is 380 g/mol. The van der Waals surface area contributed by atoms with Gasteiger partial charge in [-0.15, -0.1) is 0 Å². The first-order valence-corrected chi connectivity index (χ1v) is 8.54. The number of nitrogens with one attached hydrogen (secondary N) is 1. The summed E-state index contributed by atoms with van der Waals surface area (Å²) in [5, 5.41) is 2.08.